The molecule has 0 N–H and O–H groups in total. The van der Waals surface area contributed by atoms with Gasteiger partial charge in [-0.1, -0.05) is 60.7 Å². The first-order valence-corrected chi connectivity index (χ1v) is 6.07. The van der Waals surface area contributed by atoms with Gasteiger partial charge >= 0.3 is 29.6 Å². The Morgan fingerprint density at radius 3 is 1.11 bits per heavy atom. The molecule has 0 spiro atoms. The Labute approximate surface area is 147 Å². The van der Waals surface area contributed by atoms with Gasteiger partial charge in [-0.3, -0.25) is 9.59 Å². The van der Waals surface area contributed by atoms with E-state index in [0.29, 0.717) is 11.1 Å². The zero-order valence-electron chi connectivity index (χ0n) is 11.5. The molecule has 0 radical (unpaired) electrons. The Morgan fingerprint density at radius 2 is 0.947 bits per heavy atom. The van der Waals surface area contributed by atoms with Crippen molar-refractivity contribution < 1.29 is 40.6 Å². The van der Waals surface area contributed by atoms with Crippen LogP contribution in [0.15, 0.2) is 60.7 Å². The van der Waals surface area contributed by atoms with E-state index in [1.807, 2.05) is 36.4 Å². The van der Waals surface area contributed by atoms with Gasteiger partial charge in [-0.25, -0.2) is 0 Å². The number of rotatable bonds is 2. The first-order valence-electron chi connectivity index (χ1n) is 5.18. The number of hydrogen-bond acceptors (Lipinski definition) is 2. The van der Waals surface area contributed by atoms with Crippen LogP contribution in [0.3, 0.4) is 0 Å². The van der Waals surface area contributed by atoms with Crippen LogP contribution in [0.5, 0.6) is 0 Å². The summed E-state index contributed by atoms with van der Waals surface area (Å²) in [5, 5.41) is -0.369. The fraction of sp³-hybridized carbons (Fsp3) is 0. The second-order valence-electron chi connectivity index (χ2n) is 3.34. The molecule has 0 amide bonds. The monoisotopic (exact) mass is 300 g/mol. The molecular formula is C14H13NaO2S2. The summed E-state index contributed by atoms with van der Waals surface area (Å²) in [7, 11) is 0. The molecule has 19 heavy (non-hydrogen) atoms. The van der Waals surface area contributed by atoms with Crippen LogP contribution in [0, 0.1) is 0 Å². The summed E-state index contributed by atoms with van der Waals surface area (Å²) in [6.45, 7) is 0. The van der Waals surface area contributed by atoms with Crippen LogP contribution in [-0.4, -0.2) is 10.2 Å². The molecule has 0 saturated heterocycles. The predicted molar refractivity (Wildman–Crippen MR) is 80.6 cm³/mol. The molecule has 5 heteroatoms. The number of carbonyl (C=O) groups is 2. The number of hydrogen-bond donors (Lipinski definition) is 2. The van der Waals surface area contributed by atoms with Crippen molar-refractivity contribution in [3.8, 4) is 0 Å². The van der Waals surface area contributed by atoms with Crippen LogP contribution < -0.4 is 29.6 Å². The van der Waals surface area contributed by atoms with E-state index in [2.05, 4.69) is 25.3 Å². The van der Waals surface area contributed by atoms with Crippen LogP contribution in [-0.2, 0) is 0 Å². The van der Waals surface area contributed by atoms with Gasteiger partial charge in [0.2, 0.25) is 10.2 Å². The Kier molecular flexibility index (Phi) is 10.0. The zero-order chi connectivity index (χ0) is 13.4. The third-order valence-corrected chi connectivity index (χ3v) is 2.56. The maximum atomic E-state index is 10.5. The van der Waals surface area contributed by atoms with Gasteiger partial charge in [0, 0.05) is 11.1 Å². The number of thiol groups is 2. The summed E-state index contributed by atoms with van der Waals surface area (Å²) < 4.78 is 0. The third kappa shape index (κ3) is 7.60. The molecule has 0 bridgehead atoms. The molecule has 2 rings (SSSR count). The quantitative estimate of drug-likeness (QED) is 0.630. The second-order valence-corrected chi connectivity index (χ2v) is 4.15. The van der Waals surface area contributed by atoms with Crippen LogP contribution in [0.2, 0.25) is 0 Å². The van der Waals surface area contributed by atoms with Crippen molar-refractivity contribution in [1.29, 1.82) is 0 Å². The largest absolute Gasteiger partial charge is 1.00 e. The average Bonchev–Trinajstić information content (AvgIpc) is 2.41. The first-order chi connectivity index (χ1) is 8.61. The van der Waals surface area contributed by atoms with Crippen molar-refractivity contribution in [2.45, 2.75) is 0 Å². The molecule has 0 fully saturated rings. The van der Waals surface area contributed by atoms with E-state index in [-0.39, 0.29) is 41.2 Å². The van der Waals surface area contributed by atoms with E-state index in [4.69, 9.17) is 0 Å². The van der Waals surface area contributed by atoms with E-state index >= 15 is 0 Å². The van der Waals surface area contributed by atoms with Crippen molar-refractivity contribution in [1.82, 2.24) is 0 Å². The van der Waals surface area contributed by atoms with E-state index in [9.17, 15) is 9.59 Å². The fourth-order valence-electron chi connectivity index (χ4n) is 1.16. The Morgan fingerprint density at radius 1 is 0.684 bits per heavy atom. The van der Waals surface area contributed by atoms with Crippen molar-refractivity contribution >= 4 is 35.5 Å². The van der Waals surface area contributed by atoms with Crippen LogP contribution in [0.1, 0.15) is 22.1 Å². The molecule has 2 aromatic carbocycles. The average molecular weight is 300 g/mol. The summed E-state index contributed by atoms with van der Waals surface area (Å²) in [4.78, 5) is 21.0. The van der Waals surface area contributed by atoms with E-state index in [1.54, 1.807) is 24.3 Å². The van der Waals surface area contributed by atoms with Gasteiger partial charge in [0.1, 0.15) is 0 Å². The molecule has 0 unspecified atom stereocenters. The van der Waals surface area contributed by atoms with Crippen LogP contribution in [0.25, 0.3) is 0 Å². The SMILES string of the molecule is O=C(S)c1ccccc1.O=C(S)c1ccccc1.[H-].[Na+]. The topological polar surface area (TPSA) is 34.1 Å². The fourth-order valence-corrected chi connectivity index (χ4v) is 1.46. The van der Waals surface area contributed by atoms with Gasteiger partial charge in [0.05, 0.1) is 0 Å². The van der Waals surface area contributed by atoms with Crippen molar-refractivity contribution in [3.05, 3.63) is 71.8 Å². The van der Waals surface area contributed by atoms with E-state index in [0.717, 1.165) is 0 Å². The zero-order valence-corrected chi connectivity index (χ0v) is 14.3. The van der Waals surface area contributed by atoms with Crippen molar-refractivity contribution in [3.63, 3.8) is 0 Å². The van der Waals surface area contributed by atoms with Gasteiger partial charge in [-0.2, -0.15) is 0 Å². The standard InChI is InChI=1S/2C7H6OS.Na.H/c2*8-7(9)6-4-2-1-3-5-6;;/h2*1-5H,(H,8,9);;/q;;+1;-1. The van der Waals surface area contributed by atoms with Gasteiger partial charge in [-0.15, -0.1) is 25.3 Å². The Balaban J connectivity index is 0. The predicted octanol–water partition coefficient (Wildman–Crippen LogP) is 0.630. The number of benzene rings is 2. The minimum Gasteiger partial charge on any atom is -1.00 e. The first kappa shape index (κ1) is 18.5. The Hall–Kier alpha value is -0.520. The normalized spacial score (nSPS) is 8.53. The molecule has 0 aliphatic carbocycles. The summed E-state index contributed by atoms with van der Waals surface area (Å²) >= 11 is 7.30. The molecule has 94 valence electrons. The van der Waals surface area contributed by atoms with Crippen LogP contribution in [0.4, 0.5) is 0 Å². The molecule has 0 saturated carbocycles. The summed E-state index contributed by atoms with van der Waals surface area (Å²) in [6.07, 6.45) is 0. The molecule has 0 aliphatic heterocycles. The van der Waals surface area contributed by atoms with Gasteiger partial charge < -0.3 is 1.43 Å². The maximum absolute atomic E-state index is 10.5. The smallest absolute Gasteiger partial charge is 1.00 e. The molecule has 0 heterocycles. The molecule has 2 nitrogen and oxygen atoms in total. The van der Waals surface area contributed by atoms with E-state index in [1.165, 1.54) is 0 Å². The minimum atomic E-state index is -0.185. The molecular weight excluding hydrogens is 287 g/mol. The second kappa shape index (κ2) is 10.3. The molecule has 0 aromatic heterocycles. The third-order valence-electron chi connectivity index (χ3n) is 2.04. The van der Waals surface area contributed by atoms with Gasteiger partial charge in [0.15, 0.2) is 0 Å². The summed E-state index contributed by atoms with van der Waals surface area (Å²) in [5.41, 5.74) is 1.28. The van der Waals surface area contributed by atoms with Gasteiger partial charge in [-0.05, 0) is 0 Å². The van der Waals surface area contributed by atoms with Gasteiger partial charge in [0.25, 0.3) is 0 Å². The number of carbonyl (C=O) groups excluding carboxylic acids is 2. The molecule has 2 aromatic rings. The van der Waals surface area contributed by atoms with Crippen molar-refractivity contribution in [2.24, 2.45) is 0 Å². The minimum absolute atomic E-state index is 0. The summed E-state index contributed by atoms with van der Waals surface area (Å²) in [6, 6.07) is 17.9. The van der Waals surface area contributed by atoms with E-state index < -0.39 is 0 Å². The molecule has 0 atom stereocenters. The molecule has 0 aliphatic rings. The Bertz CT molecular complexity index is 472. The summed E-state index contributed by atoms with van der Waals surface area (Å²) in [5.74, 6) is 0. The van der Waals surface area contributed by atoms with Crippen LogP contribution >= 0.6 is 25.3 Å². The maximum Gasteiger partial charge on any atom is 1.00 e. The van der Waals surface area contributed by atoms with Crippen molar-refractivity contribution in [2.75, 3.05) is 0 Å².